The fourth-order valence-electron chi connectivity index (χ4n) is 5.01. The zero-order valence-corrected chi connectivity index (χ0v) is 17.9. The SMILES string of the molecule is Cc1ccc2c(oc3cc4c(cc32)C(C)(C)CCC4(C)C)c1N1C=CN(C)C1. The van der Waals surface area contributed by atoms with Gasteiger partial charge in [0, 0.05) is 30.2 Å². The van der Waals surface area contributed by atoms with Crippen LogP contribution in [0.1, 0.15) is 57.2 Å². The molecule has 146 valence electrons. The number of furan rings is 1. The van der Waals surface area contributed by atoms with E-state index in [1.807, 2.05) is 0 Å². The van der Waals surface area contributed by atoms with Gasteiger partial charge in [-0.05, 0) is 59.4 Å². The lowest BCUT2D eigenvalue weighted by atomic mass is 9.63. The van der Waals surface area contributed by atoms with Gasteiger partial charge in [-0.2, -0.15) is 0 Å². The Morgan fingerprint density at radius 2 is 1.57 bits per heavy atom. The Bertz CT molecular complexity index is 1130. The largest absolute Gasteiger partial charge is 0.454 e. The number of anilines is 1. The summed E-state index contributed by atoms with van der Waals surface area (Å²) in [7, 11) is 2.10. The zero-order chi connectivity index (χ0) is 19.8. The van der Waals surface area contributed by atoms with Crippen LogP contribution in [-0.2, 0) is 10.8 Å². The summed E-state index contributed by atoms with van der Waals surface area (Å²) < 4.78 is 6.55. The average molecular weight is 375 g/mol. The van der Waals surface area contributed by atoms with E-state index in [1.54, 1.807) is 0 Å². The van der Waals surface area contributed by atoms with Gasteiger partial charge in [-0.1, -0.05) is 39.8 Å². The molecule has 0 saturated carbocycles. The second-order valence-corrected chi connectivity index (χ2v) is 10.0. The molecular formula is C25H30N2O. The van der Waals surface area contributed by atoms with E-state index in [1.165, 1.54) is 46.0 Å². The fourth-order valence-corrected chi connectivity index (χ4v) is 5.01. The molecule has 2 aliphatic rings. The molecular weight excluding hydrogens is 344 g/mol. The molecule has 1 aliphatic heterocycles. The summed E-state index contributed by atoms with van der Waals surface area (Å²) in [4.78, 5) is 4.47. The topological polar surface area (TPSA) is 19.6 Å². The van der Waals surface area contributed by atoms with Crippen LogP contribution in [0.4, 0.5) is 5.69 Å². The highest BCUT2D eigenvalue weighted by molar-refractivity contribution is 6.10. The van der Waals surface area contributed by atoms with Crippen LogP contribution in [0.5, 0.6) is 0 Å². The van der Waals surface area contributed by atoms with Crippen molar-refractivity contribution in [2.75, 3.05) is 18.6 Å². The molecule has 5 rings (SSSR count). The van der Waals surface area contributed by atoms with E-state index in [2.05, 4.69) is 88.1 Å². The molecule has 0 saturated heterocycles. The second-order valence-electron chi connectivity index (χ2n) is 10.0. The van der Waals surface area contributed by atoms with Crippen molar-refractivity contribution < 1.29 is 4.42 Å². The number of aryl methyl sites for hydroxylation is 1. The Morgan fingerprint density at radius 1 is 0.893 bits per heavy atom. The Hall–Kier alpha value is -2.42. The van der Waals surface area contributed by atoms with Crippen molar-refractivity contribution in [1.82, 2.24) is 4.90 Å². The highest BCUT2D eigenvalue weighted by Crippen LogP contribution is 2.49. The van der Waals surface area contributed by atoms with Gasteiger partial charge in [-0.15, -0.1) is 0 Å². The standard InChI is InChI=1S/C25H30N2O/c1-16-7-8-17-18-13-19-20(25(4,5)10-9-24(19,2)3)14-21(18)28-23(17)22(16)27-12-11-26(6)15-27/h7-8,11-14H,9-10,15H2,1-6H3. The van der Waals surface area contributed by atoms with Crippen molar-refractivity contribution >= 4 is 27.6 Å². The number of benzene rings is 2. The predicted octanol–water partition coefficient (Wildman–Crippen LogP) is 6.42. The summed E-state index contributed by atoms with van der Waals surface area (Å²) in [6, 6.07) is 9.21. The van der Waals surface area contributed by atoms with E-state index < -0.39 is 0 Å². The second kappa shape index (κ2) is 5.56. The summed E-state index contributed by atoms with van der Waals surface area (Å²) in [5, 5.41) is 2.47. The summed E-state index contributed by atoms with van der Waals surface area (Å²) in [6.45, 7) is 12.5. The highest BCUT2D eigenvalue weighted by atomic mass is 16.3. The van der Waals surface area contributed by atoms with E-state index in [-0.39, 0.29) is 10.8 Å². The van der Waals surface area contributed by atoms with Crippen molar-refractivity contribution in [1.29, 1.82) is 0 Å². The summed E-state index contributed by atoms with van der Waals surface area (Å²) >= 11 is 0. The Labute approximate surface area is 167 Å². The van der Waals surface area contributed by atoms with Gasteiger partial charge in [-0.3, -0.25) is 0 Å². The van der Waals surface area contributed by atoms with Crippen LogP contribution in [0, 0.1) is 6.92 Å². The minimum atomic E-state index is 0.192. The lowest BCUT2D eigenvalue weighted by Crippen LogP contribution is -2.33. The normalized spacial score (nSPS) is 20.4. The zero-order valence-electron chi connectivity index (χ0n) is 17.9. The van der Waals surface area contributed by atoms with E-state index in [4.69, 9.17) is 4.42 Å². The molecule has 0 radical (unpaired) electrons. The molecule has 0 N–H and O–H groups in total. The highest BCUT2D eigenvalue weighted by Gasteiger charge is 2.37. The molecule has 0 bridgehead atoms. The van der Waals surface area contributed by atoms with E-state index in [0.29, 0.717) is 0 Å². The van der Waals surface area contributed by atoms with Gasteiger partial charge in [0.05, 0.1) is 12.4 Å². The fraction of sp³-hybridized carbons (Fsp3) is 0.440. The van der Waals surface area contributed by atoms with Crippen LogP contribution < -0.4 is 4.90 Å². The minimum Gasteiger partial charge on any atom is -0.454 e. The van der Waals surface area contributed by atoms with Crippen LogP contribution in [-0.4, -0.2) is 18.6 Å². The summed E-state index contributed by atoms with van der Waals surface area (Å²) in [5.74, 6) is 0. The van der Waals surface area contributed by atoms with Crippen LogP contribution in [0.2, 0.25) is 0 Å². The Morgan fingerprint density at radius 3 is 2.21 bits per heavy atom. The van der Waals surface area contributed by atoms with Gasteiger partial charge < -0.3 is 14.2 Å². The van der Waals surface area contributed by atoms with E-state index in [0.717, 1.165) is 17.8 Å². The molecule has 1 aromatic heterocycles. The molecule has 3 heteroatoms. The minimum absolute atomic E-state index is 0.192. The Kier molecular flexibility index (Phi) is 3.51. The number of hydrogen-bond donors (Lipinski definition) is 0. The Balaban J connectivity index is 1.81. The lowest BCUT2D eigenvalue weighted by molar-refractivity contribution is 0.332. The number of fused-ring (bicyclic) bond motifs is 4. The first-order chi connectivity index (χ1) is 13.2. The predicted molar refractivity (Wildman–Crippen MR) is 118 cm³/mol. The summed E-state index contributed by atoms with van der Waals surface area (Å²) in [6.07, 6.45) is 6.70. The molecule has 28 heavy (non-hydrogen) atoms. The van der Waals surface area contributed by atoms with Crippen LogP contribution >= 0.6 is 0 Å². The first-order valence-electron chi connectivity index (χ1n) is 10.3. The van der Waals surface area contributed by atoms with Crippen LogP contribution in [0.25, 0.3) is 21.9 Å². The van der Waals surface area contributed by atoms with Gasteiger partial charge in [0.25, 0.3) is 0 Å². The molecule has 0 amide bonds. The number of rotatable bonds is 1. The van der Waals surface area contributed by atoms with E-state index >= 15 is 0 Å². The first kappa shape index (κ1) is 17.7. The van der Waals surface area contributed by atoms with Gasteiger partial charge >= 0.3 is 0 Å². The molecule has 3 aromatic rings. The third kappa shape index (κ3) is 2.41. The maximum atomic E-state index is 6.55. The molecule has 0 fully saturated rings. The van der Waals surface area contributed by atoms with Gasteiger partial charge in [0.2, 0.25) is 0 Å². The van der Waals surface area contributed by atoms with Crippen molar-refractivity contribution in [2.24, 2.45) is 0 Å². The van der Waals surface area contributed by atoms with Crippen LogP contribution in [0.15, 0.2) is 41.1 Å². The van der Waals surface area contributed by atoms with Crippen molar-refractivity contribution in [3.8, 4) is 0 Å². The van der Waals surface area contributed by atoms with E-state index in [9.17, 15) is 0 Å². The number of hydrogen-bond acceptors (Lipinski definition) is 3. The first-order valence-corrected chi connectivity index (χ1v) is 10.3. The van der Waals surface area contributed by atoms with Gasteiger partial charge in [0.15, 0.2) is 5.58 Å². The molecule has 2 aromatic carbocycles. The summed E-state index contributed by atoms with van der Waals surface area (Å²) in [5.41, 5.74) is 7.79. The quantitative estimate of drug-likeness (QED) is 0.490. The maximum Gasteiger partial charge on any atom is 0.159 e. The molecule has 0 atom stereocenters. The molecule has 3 nitrogen and oxygen atoms in total. The third-order valence-electron chi connectivity index (χ3n) is 6.95. The average Bonchev–Trinajstić information content (AvgIpc) is 3.21. The van der Waals surface area contributed by atoms with Gasteiger partial charge in [0.1, 0.15) is 5.58 Å². The molecule has 0 unspecified atom stereocenters. The molecule has 1 aliphatic carbocycles. The van der Waals surface area contributed by atoms with Crippen LogP contribution in [0.3, 0.4) is 0 Å². The smallest absolute Gasteiger partial charge is 0.159 e. The molecule has 2 heterocycles. The van der Waals surface area contributed by atoms with Crippen molar-refractivity contribution in [2.45, 2.75) is 58.3 Å². The van der Waals surface area contributed by atoms with Crippen molar-refractivity contribution in [3.63, 3.8) is 0 Å². The maximum absolute atomic E-state index is 6.55. The van der Waals surface area contributed by atoms with Crippen molar-refractivity contribution in [3.05, 3.63) is 53.4 Å². The lowest BCUT2D eigenvalue weighted by Gasteiger charge is -2.41. The third-order valence-corrected chi connectivity index (χ3v) is 6.95. The van der Waals surface area contributed by atoms with Gasteiger partial charge in [-0.25, -0.2) is 0 Å². The number of nitrogens with zero attached hydrogens (tertiary/aromatic N) is 2. The molecule has 0 spiro atoms. The monoisotopic (exact) mass is 374 g/mol.